The molecular formula is C16H20ClN3O2S. The summed E-state index contributed by atoms with van der Waals surface area (Å²) in [5.41, 5.74) is 1.94. The molecule has 1 fully saturated rings. The Labute approximate surface area is 144 Å². The summed E-state index contributed by atoms with van der Waals surface area (Å²) < 4.78 is 8.69. The van der Waals surface area contributed by atoms with Gasteiger partial charge in [0.2, 0.25) is 0 Å². The predicted molar refractivity (Wildman–Crippen MR) is 89.6 cm³/mol. The summed E-state index contributed by atoms with van der Waals surface area (Å²) in [5.74, 6) is 0. The van der Waals surface area contributed by atoms with Crippen LogP contribution in [0.4, 0.5) is 0 Å². The fourth-order valence-corrected chi connectivity index (χ4v) is 5.12. The number of piperidine rings is 1. The van der Waals surface area contributed by atoms with Crippen molar-refractivity contribution >= 4 is 22.9 Å². The number of ether oxygens (including phenoxy) is 1. The molecule has 2 aromatic heterocycles. The number of fused-ring (bicyclic) bond motifs is 2. The van der Waals surface area contributed by atoms with Crippen LogP contribution in [0.25, 0.3) is 0 Å². The standard InChI is InChI=1S/C16H20ClN3O2S/c1-19-8-11(7-18-19)9-20-4-2-16(3-5-20)15-12(6-14(17)23-15)13(21)10-22-16/h6-8,13,21H,2-5,9-10H2,1H3. The second kappa shape index (κ2) is 5.86. The van der Waals surface area contributed by atoms with Crippen molar-refractivity contribution in [2.75, 3.05) is 19.7 Å². The van der Waals surface area contributed by atoms with Gasteiger partial charge in [-0.3, -0.25) is 9.58 Å². The van der Waals surface area contributed by atoms with Crippen LogP contribution in [0.5, 0.6) is 0 Å². The van der Waals surface area contributed by atoms with Gasteiger partial charge in [-0.2, -0.15) is 5.10 Å². The van der Waals surface area contributed by atoms with E-state index in [2.05, 4.69) is 16.2 Å². The van der Waals surface area contributed by atoms with Crippen molar-refractivity contribution in [1.82, 2.24) is 14.7 Å². The fraction of sp³-hybridized carbons (Fsp3) is 0.562. The zero-order chi connectivity index (χ0) is 16.0. The Balaban J connectivity index is 1.49. The molecule has 1 saturated heterocycles. The highest BCUT2D eigenvalue weighted by Crippen LogP contribution is 2.49. The van der Waals surface area contributed by atoms with E-state index in [-0.39, 0.29) is 5.60 Å². The Bertz CT molecular complexity index is 706. The van der Waals surface area contributed by atoms with Crippen LogP contribution in [-0.2, 0) is 23.9 Å². The quantitative estimate of drug-likeness (QED) is 0.901. The van der Waals surface area contributed by atoms with Crippen molar-refractivity contribution in [3.63, 3.8) is 0 Å². The minimum atomic E-state index is -0.548. The van der Waals surface area contributed by atoms with Crippen LogP contribution in [0.1, 0.15) is 34.9 Å². The van der Waals surface area contributed by atoms with E-state index in [0.29, 0.717) is 6.61 Å². The van der Waals surface area contributed by atoms with Gasteiger partial charge in [-0.05, 0) is 18.9 Å². The lowest BCUT2D eigenvalue weighted by atomic mass is 9.84. The highest BCUT2D eigenvalue weighted by molar-refractivity contribution is 7.16. The maximum absolute atomic E-state index is 10.1. The van der Waals surface area contributed by atoms with Crippen molar-refractivity contribution in [3.05, 3.63) is 38.8 Å². The van der Waals surface area contributed by atoms with E-state index in [1.807, 2.05) is 24.0 Å². The molecule has 4 rings (SSSR count). The molecule has 4 heterocycles. The number of aliphatic hydroxyl groups excluding tert-OH is 1. The summed E-state index contributed by atoms with van der Waals surface area (Å²) in [4.78, 5) is 3.56. The third-order valence-corrected chi connectivity index (χ3v) is 6.31. The van der Waals surface area contributed by atoms with Gasteiger partial charge in [0.1, 0.15) is 11.7 Å². The molecule has 1 N–H and O–H groups in total. The van der Waals surface area contributed by atoms with Gasteiger partial charge in [0.05, 0.1) is 17.1 Å². The largest absolute Gasteiger partial charge is 0.386 e. The molecular weight excluding hydrogens is 334 g/mol. The number of thiophene rings is 1. The number of aryl methyl sites for hydroxylation is 1. The summed E-state index contributed by atoms with van der Waals surface area (Å²) in [6.07, 6.45) is 5.31. The zero-order valence-corrected chi connectivity index (χ0v) is 14.6. The topological polar surface area (TPSA) is 50.5 Å². The molecule has 1 unspecified atom stereocenters. The first-order valence-corrected chi connectivity index (χ1v) is 9.07. The molecule has 2 aromatic rings. The molecule has 0 aromatic carbocycles. The van der Waals surface area contributed by atoms with E-state index < -0.39 is 6.10 Å². The Morgan fingerprint density at radius 1 is 1.48 bits per heavy atom. The van der Waals surface area contributed by atoms with Crippen molar-refractivity contribution < 1.29 is 9.84 Å². The van der Waals surface area contributed by atoms with Crippen LogP contribution >= 0.6 is 22.9 Å². The average molecular weight is 354 g/mol. The summed E-state index contributed by atoms with van der Waals surface area (Å²) in [6.45, 7) is 3.23. The number of nitrogens with zero attached hydrogens (tertiary/aromatic N) is 3. The minimum Gasteiger partial charge on any atom is -0.386 e. The SMILES string of the molecule is Cn1cc(CN2CCC3(CC2)OCC(O)c2cc(Cl)sc23)cn1. The summed E-state index contributed by atoms with van der Waals surface area (Å²) >= 11 is 7.75. The molecule has 5 nitrogen and oxygen atoms in total. The third kappa shape index (κ3) is 2.83. The maximum Gasteiger partial charge on any atom is 0.105 e. The number of hydrogen-bond donors (Lipinski definition) is 1. The second-order valence-electron chi connectivity index (χ2n) is 6.45. The number of halogens is 1. The Morgan fingerprint density at radius 3 is 2.96 bits per heavy atom. The molecule has 124 valence electrons. The Morgan fingerprint density at radius 2 is 2.26 bits per heavy atom. The smallest absolute Gasteiger partial charge is 0.105 e. The highest BCUT2D eigenvalue weighted by atomic mass is 35.5. The molecule has 0 saturated carbocycles. The van der Waals surface area contributed by atoms with Crippen molar-refractivity contribution in [3.8, 4) is 0 Å². The zero-order valence-electron chi connectivity index (χ0n) is 13.0. The lowest BCUT2D eigenvalue weighted by molar-refractivity contribution is -0.129. The molecule has 0 radical (unpaired) electrons. The third-order valence-electron chi connectivity index (χ3n) is 4.85. The van der Waals surface area contributed by atoms with Crippen molar-refractivity contribution in [2.24, 2.45) is 7.05 Å². The summed E-state index contributed by atoms with van der Waals surface area (Å²) in [7, 11) is 1.94. The number of rotatable bonds is 2. The van der Waals surface area contributed by atoms with Gasteiger partial charge < -0.3 is 9.84 Å². The number of likely N-dealkylation sites (tertiary alicyclic amines) is 1. The summed E-state index contributed by atoms with van der Waals surface area (Å²) in [5, 5.41) is 14.4. The average Bonchev–Trinajstić information content (AvgIpc) is 3.12. The fourth-order valence-electron chi connectivity index (χ4n) is 3.63. The van der Waals surface area contributed by atoms with Gasteiger partial charge in [0.25, 0.3) is 0 Å². The maximum atomic E-state index is 10.1. The minimum absolute atomic E-state index is 0.266. The normalized spacial score (nSPS) is 24.0. The second-order valence-corrected chi connectivity index (χ2v) is 8.14. The first kappa shape index (κ1) is 15.6. The van der Waals surface area contributed by atoms with Gasteiger partial charge in [0, 0.05) is 48.9 Å². The molecule has 2 aliphatic rings. The lowest BCUT2D eigenvalue weighted by Crippen LogP contribution is -2.46. The molecule has 0 amide bonds. The van der Waals surface area contributed by atoms with Crippen molar-refractivity contribution in [1.29, 1.82) is 0 Å². The highest BCUT2D eigenvalue weighted by Gasteiger charge is 2.44. The number of aromatic nitrogens is 2. The van der Waals surface area contributed by atoms with E-state index >= 15 is 0 Å². The summed E-state index contributed by atoms with van der Waals surface area (Å²) in [6, 6.07) is 1.90. The van der Waals surface area contributed by atoms with E-state index in [4.69, 9.17) is 16.3 Å². The first-order chi connectivity index (χ1) is 11.1. The molecule has 2 aliphatic heterocycles. The monoisotopic (exact) mass is 353 g/mol. The lowest BCUT2D eigenvalue weighted by Gasteiger charge is -2.44. The molecule has 0 aliphatic carbocycles. The van der Waals surface area contributed by atoms with Crippen molar-refractivity contribution in [2.45, 2.75) is 31.1 Å². The van der Waals surface area contributed by atoms with Gasteiger partial charge in [-0.15, -0.1) is 11.3 Å². The Hall–Kier alpha value is -0.920. The van der Waals surface area contributed by atoms with Gasteiger partial charge in [0.15, 0.2) is 0 Å². The van der Waals surface area contributed by atoms with Gasteiger partial charge in [-0.1, -0.05) is 11.6 Å². The van der Waals surface area contributed by atoms with E-state index in [9.17, 15) is 5.11 Å². The van der Waals surface area contributed by atoms with Crippen LogP contribution in [0.3, 0.4) is 0 Å². The van der Waals surface area contributed by atoms with Crippen LogP contribution in [0.15, 0.2) is 18.5 Å². The van der Waals surface area contributed by atoms with E-state index in [1.54, 1.807) is 11.3 Å². The van der Waals surface area contributed by atoms with Crippen LogP contribution in [0, 0.1) is 0 Å². The van der Waals surface area contributed by atoms with Crippen LogP contribution in [0.2, 0.25) is 4.34 Å². The molecule has 1 atom stereocenters. The predicted octanol–water partition coefficient (Wildman–Crippen LogP) is 2.69. The molecule has 23 heavy (non-hydrogen) atoms. The molecule has 0 bridgehead atoms. The van der Waals surface area contributed by atoms with Gasteiger partial charge >= 0.3 is 0 Å². The van der Waals surface area contributed by atoms with Gasteiger partial charge in [-0.25, -0.2) is 0 Å². The van der Waals surface area contributed by atoms with E-state index in [1.165, 1.54) is 5.56 Å². The number of aliphatic hydroxyl groups is 1. The van der Waals surface area contributed by atoms with E-state index in [0.717, 1.165) is 47.3 Å². The molecule has 1 spiro atoms. The van der Waals surface area contributed by atoms with Crippen LogP contribution < -0.4 is 0 Å². The number of hydrogen-bond acceptors (Lipinski definition) is 5. The van der Waals surface area contributed by atoms with Crippen LogP contribution in [-0.4, -0.2) is 39.5 Å². The molecule has 7 heteroatoms. The first-order valence-electron chi connectivity index (χ1n) is 7.87. The Kier molecular flexibility index (Phi) is 3.98.